The van der Waals surface area contributed by atoms with Crippen LogP contribution in [0.3, 0.4) is 0 Å². The molecular weight excluding hydrogens is 188 g/mol. The molecule has 0 radical (unpaired) electrons. The first kappa shape index (κ1) is 9.75. The van der Waals surface area contributed by atoms with Crippen molar-refractivity contribution in [1.82, 2.24) is 0 Å². The quantitative estimate of drug-likeness (QED) is 0.590. The molecule has 3 aliphatic rings. The normalized spacial score (nSPS) is 58.6. The van der Waals surface area contributed by atoms with E-state index in [0.29, 0.717) is 12.3 Å². The van der Waals surface area contributed by atoms with Gasteiger partial charge in [0, 0.05) is 0 Å². The van der Waals surface area contributed by atoms with Crippen LogP contribution in [0.4, 0.5) is 0 Å². The number of hydrogen-bond donors (Lipinski definition) is 2. The topological polar surface area (TPSA) is 40.5 Å². The molecule has 2 nitrogen and oxygen atoms in total. The zero-order valence-electron chi connectivity index (χ0n) is 8.34. The smallest absolute Gasteiger partial charge is 0.167 e. The number of rotatable bonds is 0. The van der Waals surface area contributed by atoms with Crippen LogP contribution in [-0.4, -0.2) is 20.9 Å². The Morgan fingerprint density at radius 3 is 2.08 bits per heavy atom. The summed E-state index contributed by atoms with van der Waals surface area (Å²) in [5.74, 6) is 0.585. The highest BCUT2D eigenvalue weighted by Gasteiger charge is 2.68. The largest absolute Gasteiger partial charge is 0.386 e. The number of alkyl halides is 1. The third kappa shape index (κ3) is 0.971. The van der Waals surface area contributed by atoms with E-state index in [9.17, 15) is 10.2 Å². The Labute approximate surface area is 83.9 Å². The molecule has 3 saturated carbocycles. The zero-order valence-corrected chi connectivity index (χ0v) is 9.10. The van der Waals surface area contributed by atoms with E-state index in [1.54, 1.807) is 6.92 Å². The van der Waals surface area contributed by atoms with E-state index in [1.807, 2.05) is 0 Å². The lowest BCUT2D eigenvalue weighted by Gasteiger charge is -2.66. The number of aliphatic hydroxyl groups is 2. The molecule has 0 amide bonds. The molecule has 0 aromatic rings. The summed E-state index contributed by atoms with van der Waals surface area (Å²) < 4.78 is 0. The van der Waals surface area contributed by atoms with Crippen LogP contribution in [0.5, 0.6) is 0 Å². The molecule has 3 fully saturated rings. The first-order valence-electron chi connectivity index (χ1n) is 4.83. The van der Waals surface area contributed by atoms with Crippen LogP contribution < -0.4 is 0 Å². The van der Waals surface area contributed by atoms with Crippen molar-refractivity contribution >= 4 is 11.6 Å². The van der Waals surface area contributed by atoms with Crippen LogP contribution in [0.1, 0.15) is 33.6 Å². The van der Waals surface area contributed by atoms with Crippen LogP contribution in [0.25, 0.3) is 0 Å². The summed E-state index contributed by atoms with van der Waals surface area (Å²) in [7, 11) is 0. The van der Waals surface area contributed by atoms with Gasteiger partial charge < -0.3 is 10.2 Å². The van der Waals surface area contributed by atoms with Crippen molar-refractivity contribution < 1.29 is 10.2 Å². The SMILES string of the molecule is CC1(C)C2CC1C(C)(O)C(O)(Cl)C2. The molecule has 0 aromatic heterocycles. The first-order valence-corrected chi connectivity index (χ1v) is 5.21. The molecule has 4 atom stereocenters. The summed E-state index contributed by atoms with van der Waals surface area (Å²) in [5, 5.41) is 18.6. The van der Waals surface area contributed by atoms with Crippen LogP contribution in [0.15, 0.2) is 0 Å². The minimum atomic E-state index is -1.42. The molecule has 3 rings (SSSR count). The number of fused-ring (bicyclic) bond motifs is 2. The second-order valence-electron chi connectivity index (χ2n) is 5.42. The van der Waals surface area contributed by atoms with Gasteiger partial charge in [-0.1, -0.05) is 25.4 Å². The summed E-state index contributed by atoms with van der Waals surface area (Å²) in [6, 6.07) is 0. The molecule has 3 aliphatic carbocycles. The van der Waals surface area contributed by atoms with Crippen LogP contribution >= 0.6 is 11.6 Å². The molecule has 0 spiro atoms. The summed E-state index contributed by atoms with van der Waals surface area (Å²) in [6.07, 6.45) is 1.50. The fraction of sp³-hybridized carbons (Fsp3) is 1.00. The third-order valence-corrected chi connectivity index (χ3v) is 4.98. The minimum Gasteiger partial charge on any atom is -0.386 e. The van der Waals surface area contributed by atoms with Crippen LogP contribution in [-0.2, 0) is 0 Å². The molecule has 13 heavy (non-hydrogen) atoms. The monoisotopic (exact) mass is 204 g/mol. The second kappa shape index (κ2) is 2.23. The van der Waals surface area contributed by atoms with Gasteiger partial charge in [0.05, 0.1) is 0 Å². The maximum Gasteiger partial charge on any atom is 0.167 e. The van der Waals surface area contributed by atoms with E-state index in [0.717, 1.165) is 6.42 Å². The molecule has 4 unspecified atom stereocenters. The van der Waals surface area contributed by atoms with Gasteiger partial charge in [0.25, 0.3) is 0 Å². The predicted octanol–water partition coefficient (Wildman–Crippen LogP) is 1.73. The highest BCUT2D eigenvalue weighted by molar-refractivity contribution is 6.23. The van der Waals surface area contributed by atoms with Gasteiger partial charge in [-0.3, -0.25) is 0 Å². The molecular formula is C10H17ClO2. The molecule has 3 heteroatoms. The van der Waals surface area contributed by atoms with Crippen LogP contribution in [0.2, 0.25) is 0 Å². The molecule has 0 aliphatic heterocycles. The maximum atomic E-state index is 10.2. The average molecular weight is 205 g/mol. The maximum absolute atomic E-state index is 10.2. The van der Waals surface area contributed by atoms with Gasteiger partial charge >= 0.3 is 0 Å². The van der Waals surface area contributed by atoms with Crippen molar-refractivity contribution in [2.75, 3.05) is 0 Å². The van der Waals surface area contributed by atoms with Crippen molar-refractivity contribution in [3.63, 3.8) is 0 Å². The Hall–Kier alpha value is 0.210. The summed E-state index contributed by atoms with van der Waals surface area (Å²) >= 11 is 5.92. The Kier molecular flexibility index (Phi) is 1.68. The van der Waals surface area contributed by atoms with E-state index in [2.05, 4.69) is 13.8 Å². The highest BCUT2D eigenvalue weighted by Crippen LogP contribution is 2.66. The molecule has 0 aromatic carbocycles. The summed E-state index contributed by atoms with van der Waals surface area (Å²) in [4.78, 5) is 0. The fourth-order valence-corrected chi connectivity index (χ4v) is 3.43. The highest BCUT2D eigenvalue weighted by atomic mass is 35.5. The average Bonchev–Trinajstić information content (AvgIpc) is 1.94. The Balaban J connectivity index is 2.34. The lowest BCUT2D eigenvalue weighted by Crippen LogP contribution is -2.70. The van der Waals surface area contributed by atoms with Crippen molar-refractivity contribution in [3.05, 3.63) is 0 Å². The first-order chi connectivity index (χ1) is 5.69. The van der Waals surface area contributed by atoms with E-state index in [-0.39, 0.29) is 11.3 Å². The van der Waals surface area contributed by atoms with Crippen molar-refractivity contribution in [1.29, 1.82) is 0 Å². The summed E-state index contributed by atoms with van der Waals surface area (Å²) in [6.45, 7) is 5.95. The van der Waals surface area contributed by atoms with Gasteiger partial charge in [-0.05, 0) is 37.0 Å². The zero-order chi connectivity index (χ0) is 10.1. The lowest BCUT2D eigenvalue weighted by atomic mass is 9.43. The van der Waals surface area contributed by atoms with Crippen molar-refractivity contribution in [2.24, 2.45) is 17.3 Å². The van der Waals surface area contributed by atoms with Crippen molar-refractivity contribution in [3.8, 4) is 0 Å². The van der Waals surface area contributed by atoms with Gasteiger partial charge in [0.2, 0.25) is 0 Å². The Bertz CT molecular complexity index is 245. The third-order valence-electron chi connectivity index (χ3n) is 4.44. The van der Waals surface area contributed by atoms with Gasteiger partial charge in [0.1, 0.15) is 5.60 Å². The molecule has 0 heterocycles. The van der Waals surface area contributed by atoms with Gasteiger partial charge in [-0.25, -0.2) is 0 Å². The number of halogens is 1. The van der Waals surface area contributed by atoms with E-state index >= 15 is 0 Å². The lowest BCUT2D eigenvalue weighted by molar-refractivity contribution is -0.261. The molecule has 2 N–H and O–H groups in total. The minimum absolute atomic E-state index is 0.126. The molecule has 0 saturated heterocycles. The second-order valence-corrected chi connectivity index (χ2v) is 6.04. The molecule has 2 bridgehead atoms. The predicted molar refractivity (Wildman–Crippen MR) is 51.4 cm³/mol. The Morgan fingerprint density at radius 2 is 1.77 bits per heavy atom. The fourth-order valence-electron chi connectivity index (χ4n) is 3.12. The Morgan fingerprint density at radius 1 is 1.23 bits per heavy atom. The van der Waals surface area contributed by atoms with E-state index in [4.69, 9.17) is 11.6 Å². The van der Waals surface area contributed by atoms with Gasteiger partial charge in [-0.2, -0.15) is 0 Å². The van der Waals surface area contributed by atoms with E-state index in [1.165, 1.54) is 0 Å². The van der Waals surface area contributed by atoms with Gasteiger partial charge in [-0.15, -0.1) is 0 Å². The number of hydrogen-bond acceptors (Lipinski definition) is 2. The molecule has 76 valence electrons. The van der Waals surface area contributed by atoms with Crippen LogP contribution in [0, 0.1) is 17.3 Å². The van der Waals surface area contributed by atoms with E-state index < -0.39 is 10.7 Å². The summed E-state index contributed by atoms with van der Waals surface area (Å²) in [5.41, 5.74) is -1.02. The standard InChI is InChI=1S/C10H17ClO2/c1-8(2)6-4-7(8)9(3,12)10(11,13)5-6/h6-7,12-13H,4-5H2,1-3H3. The van der Waals surface area contributed by atoms with Gasteiger partial charge in [0.15, 0.2) is 5.06 Å². The van der Waals surface area contributed by atoms with Crippen molar-refractivity contribution in [2.45, 2.75) is 44.3 Å².